The van der Waals surface area contributed by atoms with E-state index in [0.29, 0.717) is 32.7 Å². The number of ether oxygens (including phenoxy) is 3. The van der Waals surface area contributed by atoms with Gasteiger partial charge in [-0.2, -0.15) is 0 Å². The molecule has 0 saturated heterocycles. The highest BCUT2D eigenvalue weighted by molar-refractivity contribution is 5.82. The van der Waals surface area contributed by atoms with Crippen LogP contribution in [0, 0.1) is 0 Å². The minimum absolute atomic E-state index is 0.176. The normalized spacial score (nSPS) is 13.6. The monoisotopic (exact) mass is 412 g/mol. The summed E-state index contributed by atoms with van der Waals surface area (Å²) in [5.41, 5.74) is 2.98. The van der Waals surface area contributed by atoms with Gasteiger partial charge in [0, 0.05) is 6.08 Å². The molecule has 0 radical (unpaired) electrons. The number of allylic oxidation sites excluding steroid dienone is 1. The molecule has 1 N–H and O–H groups in total. The number of esters is 1. The van der Waals surface area contributed by atoms with Crippen molar-refractivity contribution in [3.63, 3.8) is 0 Å². The third kappa shape index (κ3) is 9.35. The molecule has 0 aliphatic carbocycles. The van der Waals surface area contributed by atoms with Crippen molar-refractivity contribution in [2.75, 3.05) is 13.2 Å². The van der Waals surface area contributed by atoms with E-state index in [2.05, 4.69) is 0 Å². The van der Waals surface area contributed by atoms with Gasteiger partial charge in [0.2, 0.25) is 0 Å². The van der Waals surface area contributed by atoms with Crippen LogP contribution in [0.4, 0.5) is 0 Å². The van der Waals surface area contributed by atoms with E-state index in [1.54, 1.807) is 6.92 Å². The average Bonchev–Trinajstić information content (AvgIpc) is 2.75. The van der Waals surface area contributed by atoms with E-state index in [9.17, 15) is 9.90 Å². The van der Waals surface area contributed by atoms with Crippen molar-refractivity contribution < 1.29 is 24.1 Å². The van der Waals surface area contributed by atoms with Gasteiger partial charge in [0.05, 0.1) is 32.5 Å². The van der Waals surface area contributed by atoms with E-state index < -0.39 is 12.2 Å². The van der Waals surface area contributed by atoms with E-state index in [-0.39, 0.29) is 12.6 Å². The molecule has 2 atom stereocenters. The van der Waals surface area contributed by atoms with Crippen LogP contribution in [0.5, 0.6) is 0 Å². The zero-order valence-corrected chi connectivity index (χ0v) is 17.8. The van der Waals surface area contributed by atoms with Crippen LogP contribution < -0.4 is 0 Å². The van der Waals surface area contributed by atoms with Gasteiger partial charge in [-0.3, -0.25) is 0 Å². The van der Waals surface area contributed by atoms with Gasteiger partial charge in [-0.25, -0.2) is 4.79 Å². The molecule has 5 heteroatoms. The molecule has 5 nitrogen and oxygen atoms in total. The molecule has 2 rings (SSSR count). The Morgan fingerprint density at radius 3 is 2.20 bits per heavy atom. The first-order chi connectivity index (χ1) is 14.6. The van der Waals surface area contributed by atoms with Crippen LogP contribution in [-0.2, 0) is 32.2 Å². The number of carbonyl (C=O) groups is 1. The van der Waals surface area contributed by atoms with Gasteiger partial charge < -0.3 is 19.3 Å². The van der Waals surface area contributed by atoms with Crippen molar-refractivity contribution in [2.24, 2.45) is 0 Å². The molecule has 0 saturated carbocycles. The SMILES string of the molecule is CCOC(=O)/C=C(\C)CC[C@H](OCc1ccccc1)[C@H](O)COCc1ccccc1. The Kier molecular flexibility index (Phi) is 10.9. The minimum Gasteiger partial charge on any atom is -0.463 e. The van der Waals surface area contributed by atoms with Gasteiger partial charge in [0.25, 0.3) is 0 Å². The fourth-order valence-corrected chi connectivity index (χ4v) is 2.97. The highest BCUT2D eigenvalue weighted by Crippen LogP contribution is 2.16. The molecule has 0 aliphatic rings. The largest absolute Gasteiger partial charge is 0.463 e. The van der Waals surface area contributed by atoms with Gasteiger partial charge in [0.15, 0.2) is 0 Å². The molecule has 0 spiro atoms. The van der Waals surface area contributed by atoms with Crippen LogP contribution in [0.2, 0.25) is 0 Å². The quantitative estimate of drug-likeness (QED) is 0.389. The molecule has 0 fully saturated rings. The minimum atomic E-state index is -0.771. The molecule has 0 heterocycles. The Bertz CT molecular complexity index is 758. The summed E-state index contributed by atoms with van der Waals surface area (Å²) >= 11 is 0. The van der Waals surface area contributed by atoms with Crippen molar-refractivity contribution in [3.05, 3.63) is 83.4 Å². The molecule has 0 amide bonds. The Hall–Kier alpha value is -2.47. The second-order valence-corrected chi connectivity index (χ2v) is 7.18. The highest BCUT2D eigenvalue weighted by atomic mass is 16.5. The Balaban J connectivity index is 1.90. The van der Waals surface area contributed by atoms with E-state index in [1.807, 2.05) is 67.6 Å². The second-order valence-electron chi connectivity index (χ2n) is 7.18. The van der Waals surface area contributed by atoms with E-state index in [4.69, 9.17) is 14.2 Å². The fourth-order valence-electron chi connectivity index (χ4n) is 2.97. The lowest BCUT2D eigenvalue weighted by Crippen LogP contribution is -2.33. The van der Waals surface area contributed by atoms with Crippen LogP contribution >= 0.6 is 0 Å². The van der Waals surface area contributed by atoms with Gasteiger partial charge in [-0.15, -0.1) is 0 Å². The predicted molar refractivity (Wildman–Crippen MR) is 117 cm³/mol. The lowest BCUT2D eigenvalue weighted by atomic mass is 10.0. The number of benzene rings is 2. The molecule has 0 aromatic heterocycles. The second kappa shape index (κ2) is 13.7. The van der Waals surface area contributed by atoms with Gasteiger partial charge in [0.1, 0.15) is 6.10 Å². The molecule has 30 heavy (non-hydrogen) atoms. The molecule has 0 bridgehead atoms. The highest BCUT2D eigenvalue weighted by Gasteiger charge is 2.20. The standard InChI is InChI=1S/C25H32O5/c1-3-29-25(27)16-20(2)14-15-24(30-18-22-12-8-5-9-13-22)23(26)19-28-17-21-10-6-4-7-11-21/h4-13,16,23-24,26H,3,14-15,17-19H2,1-2H3/b20-16+/t23-,24+/m1/s1. The van der Waals surface area contributed by atoms with Crippen molar-refractivity contribution in [2.45, 2.75) is 52.1 Å². The number of rotatable bonds is 13. The van der Waals surface area contributed by atoms with Crippen LogP contribution in [0.15, 0.2) is 72.3 Å². The first-order valence-electron chi connectivity index (χ1n) is 10.4. The summed E-state index contributed by atoms with van der Waals surface area (Å²) in [6.45, 7) is 5.02. The predicted octanol–water partition coefficient (Wildman–Crippen LogP) is 4.44. The zero-order chi connectivity index (χ0) is 21.6. The summed E-state index contributed by atoms with van der Waals surface area (Å²) < 4.78 is 16.7. The van der Waals surface area contributed by atoms with Crippen LogP contribution in [0.25, 0.3) is 0 Å². The average molecular weight is 413 g/mol. The summed E-state index contributed by atoms with van der Waals surface area (Å²) in [5.74, 6) is -0.344. The van der Waals surface area contributed by atoms with Crippen molar-refractivity contribution in [1.82, 2.24) is 0 Å². The maximum atomic E-state index is 11.6. The third-order valence-corrected chi connectivity index (χ3v) is 4.61. The van der Waals surface area contributed by atoms with Gasteiger partial charge >= 0.3 is 5.97 Å². The molecule has 2 aromatic carbocycles. The number of aliphatic hydroxyl groups excluding tert-OH is 1. The molecule has 2 aromatic rings. The number of hydrogen-bond donors (Lipinski definition) is 1. The Labute approximate surface area is 179 Å². The van der Waals surface area contributed by atoms with Gasteiger partial charge in [-0.1, -0.05) is 66.2 Å². The Morgan fingerprint density at radius 1 is 1.00 bits per heavy atom. The van der Waals surface area contributed by atoms with Crippen LogP contribution in [-0.4, -0.2) is 36.5 Å². The molecule has 162 valence electrons. The first kappa shape index (κ1) is 23.8. The van der Waals surface area contributed by atoms with E-state index in [0.717, 1.165) is 16.7 Å². The molecular weight excluding hydrogens is 380 g/mol. The lowest BCUT2D eigenvalue weighted by Gasteiger charge is -2.24. The smallest absolute Gasteiger partial charge is 0.330 e. The topological polar surface area (TPSA) is 65.0 Å². The van der Waals surface area contributed by atoms with E-state index in [1.165, 1.54) is 6.08 Å². The Morgan fingerprint density at radius 2 is 1.60 bits per heavy atom. The number of carbonyl (C=O) groups excluding carboxylic acids is 1. The molecule has 0 unspecified atom stereocenters. The van der Waals surface area contributed by atoms with Crippen LogP contribution in [0.1, 0.15) is 37.8 Å². The summed E-state index contributed by atoms with van der Waals surface area (Å²) in [6.07, 6.45) is 1.51. The van der Waals surface area contributed by atoms with Crippen LogP contribution in [0.3, 0.4) is 0 Å². The molecule has 0 aliphatic heterocycles. The van der Waals surface area contributed by atoms with E-state index >= 15 is 0 Å². The maximum Gasteiger partial charge on any atom is 0.330 e. The summed E-state index contributed by atoms with van der Waals surface area (Å²) in [6, 6.07) is 19.7. The summed E-state index contributed by atoms with van der Waals surface area (Å²) in [4.78, 5) is 11.6. The number of hydrogen-bond acceptors (Lipinski definition) is 5. The van der Waals surface area contributed by atoms with Gasteiger partial charge in [-0.05, 0) is 37.8 Å². The lowest BCUT2D eigenvalue weighted by molar-refractivity contribution is -0.137. The van der Waals surface area contributed by atoms with Crippen molar-refractivity contribution in [1.29, 1.82) is 0 Å². The third-order valence-electron chi connectivity index (χ3n) is 4.61. The summed E-state index contributed by atoms with van der Waals surface area (Å²) in [7, 11) is 0. The zero-order valence-electron chi connectivity index (χ0n) is 17.8. The number of aliphatic hydroxyl groups is 1. The summed E-state index contributed by atoms with van der Waals surface area (Å²) in [5, 5.41) is 10.7. The fraction of sp³-hybridized carbons (Fsp3) is 0.400. The van der Waals surface area contributed by atoms with Crippen molar-refractivity contribution >= 4 is 5.97 Å². The molecular formula is C25H32O5. The van der Waals surface area contributed by atoms with Crippen molar-refractivity contribution in [3.8, 4) is 0 Å². The first-order valence-corrected chi connectivity index (χ1v) is 10.4. The maximum absolute atomic E-state index is 11.6.